The van der Waals surface area contributed by atoms with Crippen molar-refractivity contribution < 1.29 is 18.0 Å². The third-order valence-corrected chi connectivity index (χ3v) is 7.13. The van der Waals surface area contributed by atoms with Gasteiger partial charge >= 0.3 is 0 Å². The fourth-order valence-corrected chi connectivity index (χ4v) is 4.98. The smallest absolute Gasteiger partial charge is 0.244 e. The molecule has 1 unspecified atom stereocenters. The molecule has 0 spiro atoms. The van der Waals surface area contributed by atoms with Crippen LogP contribution >= 0.6 is 15.9 Å². The minimum atomic E-state index is -3.76. The van der Waals surface area contributed by atoms with Gasteiger partial charge in [-0.2, -0.15) is 0 Å². The maximum Gasteiger partial charge on any atom is 0.244 e. The molecular formula is C24H32BrN3O4S. The monoisotopic (exact) mass is 537 g/mol. The summed E-state index contributed by atoms with van der Waals surface area (Å²) in [5.74, 6) is -0.689. The van der Waals surface area contributed by atoms with E-state index in [0.29, 0.717) is 23.1 Å². The Balaban J connectivity index is 2.45. The average Bonchev–Trinajstić information content (AvgIpc) is 2.76. The van der Waals surface area contributed by atoms with E-state index in [1.807, 2.05) is 45.0 Å². The molecule has 0 saturated heterocycles. The Morgan fingerprint density at radius 2 is 1.70 bits per heavy atom. The van der Waals surface area contributed by atoms with Crippen LogP contribution in [0.15, 0.2) is 53.0 Å². The number of hydrogen-bond acceptors (Lipinski definition) is 4. The highest BCUT2D eigenvalue weighted by Gasteiger charge is 2.32. The van der Waals surface area contributed by atoms with Crippen LogP contribution in [0.25, 0.3) is 0 Å². The van der Waals surface area contributed by atoms with E-state index in [-0.39, 0.29) is 12.5 Å². The van der Waals surface area contributed by atoms with Crippen LogP contribution in [0, 0.1) is 6.92 Å². The number of rotatable bonds is 11. The lowest BCUT2D eigenvalue weighted by Gasteiger charge is -2.33. The zero-order valence-corrected chi connectivity index (χ0v) is 21.9. The van der Waals surface area contributed by atoms with Gasteiger partial charge < -0.3 is 10.2 Å². The summed E-state index contributed by atoms with van der Waals surface area (Å²) in [7, 11) is -3.76. The van der Waals surface area contributed by atoms with Gasteiger partial charge in [0.15, 0.2) is 0 Å². The van der Waals surface area contributed by atoms with Gasteiger partial charge in [0.05, 0.1) is 11.9 Å². The molecule has 2 aromatic carbocycles. The van der Waals surface area contributed by atoms with E-state index in [1.54, 1.807) is 24.3 Å². The number of benzene rings is 2. The van der Waals surface area contributed by atoms with Gasteiger partial charge in [-0.1, -0.05) is 50.2 Å². The lowest BCUT2D eigenvalue weighted by Crippen LogP contribution is -2.52. The van der Waals surface area contributed by atoms with Crippen LogP contribution in [0.3, 0.4) is 0 Å². The van der Waals surface area contributed by atoms with E-state index >= 15 is 0 Å². The average molecular weight is 539 g/mol. The van der Waals surface area contributed by atoms with Crippen molar-refractivity contribution in [1.29, 1.82) is 0 Å². The van der Waals surface area contributed by atoms with Crippen molar-refractivity contribution in [2.75, 3.05) is 23.7 Å². The molecular weight excluding hydrogens is 506 g/mol. The van der Waals surface area contributed by atoms with Crippen molar-refractivity contribution >= 4 is 43.5 Å². The van der Waals surface area contributed by atoms with Crippen molar-refractivity contribution in [3.8, 4) is 0 Å². The maximum absolute atomic E-state index is 13.6. The highest BCUT2D eigenvalue weighted by molar-refractivity contribution is 9.10. The summed E-state index contributed by atoms with van der Waals surface area (Å²) in [5, 5.41) is 2.87. The van der Waals surface area contributed by atoms with E-state index in [1.165, 1.54) is 4.90 Å². The molecule has 7 nitrogen and oxygen atoms in total. The second-order valence-corrected chi connectivity index (χ2v) is 10.6. The first-order valence-corrected chi connectivity index (χ1v) is 13.6. The van der Waals surface area contributed by atoms with E-state index < -0.39 is 28.5 Å². The third kappa shape index (κ3) is 7.30. The van der Waals surface area contributed by atoms with Gasteiger partial charge in [0.1, 0.15) is 12.6 Å². The summed E-state index contributed by atoms with van der Waals surface area (Å²) in [5.41, 5.74) is 2.26. The number of carbonyl (C=O) groups is 2. The maximum atomic E-state index is 13.6. The Morgan fingerprint density at radius 1 is 1.06 bits per heavy atom. The Bertz CT molecular complexity index is 1070. The molecule has 0 aromatic heterocycles. The lowest BCUT2D eigenvalue weighted by molar-refractivity contribution is -0.140. The molecule has 2 rings (SSSR count). The molecule has 0 fully saturated rings. The number of sulfonamides is 1. The number of para-hydroxylation sites is 1. The predicted molar refractivity (Wildman–Crippen MR) is 135 cm³/mol. The van der Waals surface area contributed by atoms with E-state index in [0.717, 1.165) is 28.1 Å². The van der Waals surface area contributed by atoms with Crippen molar-refractivity contribution in [3.05, 3.63) is 64.1 Å². The first-order valence-electron chi connectivity index (χ1n) is 10.9. The summed E-state index contributed by atoms with van der Waals surface area (Å²) in [4.78, 5) is 28.0. The summed E-state index contributed by atoms with van der Waals surface area (Å²) in [6, 6.07) is 13.8. The van der Waals surface area contributed by atoms with Crippen molar-refractivity contribution in [2.24, 2.45) is 0 Å². The van der Waals surface area contributed by atoms with Gasteiger partial charge in [-0.15, -0.1) is 0 Å². The number of hydrogen-bond donors (Lipinski definition) is 1. The quantitative estimate of drug-likeness (QED) is 0.471. The minimum absolute atomic E-state index is 0.205. The largest absolute Gasteiger partial charge is 0.354 e. The van der Waals surface area contributed by atoms with Gasteiger partial charge in [0.2, 0.25) is 21.8 Å². The molecule has 0 aliphatic carbocycles. The zero-order valence-electron chi connectivity index (χ0n) is 19.5. The molecule has 0 heterocycles. The number of halogens is 1. The molecule has 2 aromatic rings. The molecule has 1 atom stereocenters. The van der Waals surface area contributed by atoms with Crippen molar-refractivity contribution in [1.82, 2.24) is 10.2 Å². The van der Waals surface area contributed by atoms with Crippen LogP contribution in [-0.4, -0.2) is 50.5 Å². The number of nitrogens with one attached hydrogen (secondary N) is 1. The topological polar surface area (TPSA) is 86.8 Å². The summed E-state index contributed by atoms with van der Waals surface area (Å²) < 4.78 is 26.9. The molecule has 9 heteroatoms. The first kappa shape index (κ1) is 26.9. The molecule has 1 N–H and O–H groups in total. The molecule has 2 amide bonds. The molecule has 180 valence electrons. The fraction of sp³-hybridized carbons (Fsp3) is 0.417. The van der Waals surface area contributed by atoms with Crippen LogP contribution in [0.1, 0.15) is 37.8 Å². The number of aryl methyl sites for hydroxylation is 1. The summed E-state index contributed by atoms with van der Waals surface area (Å²) >= 11 is 3.38. The van der Waals surface area contributed by atoms with Crippen LogP contribution in [0.5, 0.6) is 0 Å². The number of nitrogens with zero attached hydrogens (tertiary/aromatic N) is 2. The van der Waals surface area contributed by atoms with Crippen LogP contribution in [-0.2, 0) is 26.2 Å². The molecule has 33 heavy (non-hydrogen) atoms. The zero-order chi connectivity index (χ0) is 24.6. The summed E-state index contributed by atoms with van der Waals surface area (Å²) in [6.45, 7) is 6.05. The number of carbonyl (C=O) groups excluding carboxylic acids is 2. The van der Waals surface area contributed by atoms with Crippen LogP contribution in [0.2, 0.25) is 0 Å². The molecule has 0 aliphatic heterocycles. The highest BCUT2D eigenvalue weighted by atomic mass is 79.9. The van der Waals surface area contributed by atoms with Gasteiger partial charge in [-0.25, -0.2) is 8.42 Å². The second-order valence-electron chi connectivity index (χ2n) is 7.88. The van der Waals surface area contributed by atoms with E-state index in [9.17, 15) is 18.0 Å². The third-order valence-electron chi connectivity index (χ3n) is 5.34. The van der Waals surface area contributed by atoms with Gasteiger partial charge in [-0.05, 0) is 59.0 Å². The predicted octanol–water partition coefficient (Wildman–Crippen LogP) is 3.86. The standard InChI is InChI=1S/C24H32BrN3O4S/c1-5-15-26-24(30)21(6-2)27(16-19-12-8-7-11-18(19)3)23(29)17-28(33(4,31)32)22-14-10-9-13-20(22)25/h7-14,21H,5-6,15-17H2,1-4H3,(H,26,30). The van der Waals surface area contributed by atoms with Crippen molar-refractivity contribution in [3.63, 3.8) is 0 Å². The van der Waals surface area contributed by atoms with Crippen LogP contribution < -0.4 is 9.62 Å². The fourth-order valence-electron chi connectivity index (χ4n) is 3.51. The summed E-state index contributed by atoms with van der Waals surface area (Å²) in [6.07, 6.45) is 2.25. The van der Waals surface area contributed by atoms with E-state index in [4.69, 9.17) is 0 Å². The Kier molecular flexibility index (Phi) is 9.91. The van der Waals surface area contributed by atoms with Gasteiger partial charge in [0.25, 0.3) is 0 Å². The lowest BCUT2D eigenvalue weighted by atomic mass is 10.1. The molecule has 0 radical (unpaired) electrons. The second kappa shape index (κ2) is 12.2. The Morgan fingerprint density at radius 3 is 2.27 bits per heavy atom. The Labute approximate surface area is 205 Å². The first-order chi connectivity index (χ1) is 15.6. The molecule has 0 bridgehead atoms. The number of amides is 2. The number of anilines is 1. The Hall–Kier alpha value is -2.39. The highest BCUT2D eigenvalue weighted by Crippen LogP contribution is 2.28. The van der Waals surface area contributed by atoms with Gasteiger partial charge in [-0.3, -0.25) is 13.9 Å². The van der Waals surface area contributed by atoms with Crippen molar-refractivity contribution in [2.45, 2.75) is 46.2 Å². The van der Waals surface area contributed by atoms with Crippen LogP contribution in [0.4, 0.5) is 5.69 Å². The molecule has 0 saturated carbocycles. The van der Waals surface area contributed by atoms with Gasteiger partial charge in [0, 0.05) is 17.6 Å². The normalized spacial score (nSPS) is 12.2. The minimum Gasteiger partial charge on any atom is -0.354 e. The SMILES string of the molecule is CCCNC(=O)C(CC)N(Cc1ccccc1C)C(=O)CN(c1ccccc1Br)S(C)(=O)=O. The molecule has 0 aliphatic rings. The van der Waals surface area contributed by atoms with E-state index in [2.05, 4.69) is 21.2 Å².